The van der Waals surface area contributed by atoms with Crippen LogP contribution in [-0.2, 0) is 11.2 Å². The fourth-order valence-electron chi connectivity index (χ4n) is 1.78. The molecule has 100 valence electrons. The molecule has 20 heavy (non-hydrogen) atoms. The maximum atomic E-state index is 11.9. The first-order valence-corrected chi connectivity index (χ1v) is 6.02. The standard InChI is InChI=1S/C15H14N4O/c16-9-10-1-5-13(6-2-10)19-15(20)7-11-3-4-12(17)8-14(11)18/h1-6,8H,7,17-18H2,(H,19,20). The lowest BCUT2D eigenvalue weighted by Crippen LogP contribution is -2.15. The summed E-state index contributed by atoms with van der Waals surface area (Å²) in [5.41, 5.74) is 14.4. The lowest BCUT2D eigenvalue weighted by molar-refractivity contribution is -0.115. The second-order valence-corrected chi connectivity index (χ2v) is 4.37. The van der Waals surface area contributed by atoms with E-state index >= 15 is 0 Å². The summed E-state index contributed by atoms with van der Waals surface area (Å²) in [5.74, 6) is -0.175. The van der Waals surface area contributed by atoms with Crippen LogP contribution in [0.1, 0.15) is 11.1 Å². The second kappa shape index (κ2) is 5.76. The smallest absolute Gasteiger partial charge is 0.228 e. The molecule has 0 aromatic heterocycles. The maximum absolute atomic E-state index is 11.9. The van der Waals surface area contributed by atoms with Crippen LogP contribution < -0.4 is 16.8 Å². The summed E-state index contributed by atoms with van der Waals surface area (Å²) in [5, 5.41) is 11.4. The Morgan fingerprint density at radius 1 is 1.15 bits per heavy atom. The minimum Gasteiger partial charge on any atom is -0.399 e. The number of anilines is 3. The summed E-state index contributed by atoms with van der Waals surface area (Å²) < 4.78 is 0. The topological polar surface area (TPSA) is 105 Å². The molecule has 2 aromatic carbocycles. The molecule has 5 heteroatoms. The van der Waals surface area contributed by atoms with Crippen LogP contribution >= 0.6 is 0 Å². The van der Waals surface area contributed by atoms with Gasteiger partial charge >= 0.3 is 0 Å². The Labute approximate surface area is 116 Å². The first kappa shape index (κ1) is 13.4. The predicted molar refractivity (Wildman–Crippen MR) is 78.8 cm³/mol. The number of carbonyl (C=O) groups is 1. The van der Waals surface area contributed by atoms with E-state index in [0.717, 1.165) is 5.56 Å². The minimum absolute atomic E-state index is 0.173. The maximum Gasteiger partial charge on any atom is 0.228 e. The summed E-state index contributed by atoms with van der Waals surface area (Å²) in [4.78, 5) is 11.9. The van der Waals surface area contributed by atoms with Crippen LogP contribution in [0.15, 0.2) is 42.5 Å². The molecule has 0 aliphatic carbocycles. The Balaban J connectivity index is 2.03. The number of amides is 1. The Kier molecular flexibility index (Phi) is 3.87. The molecule has 0 radical (unpaired) electrons. The lowest BCUT2D eigenvalue weighted by atomic mass is 10.1. The van der Waals surface area contributed by atoms with Gasteiger partial charge in [-0.2, -0.15) is 5.26 Å². The monoisotopic (exact) mass is 266 g/mol. The Morgan fingerprint density at radius 3 is 2.45 bits per heavy atom. The third-order valence-electron chi connectivity index (χ3n) is 2.82. The number of nitrogen functional groups attached to an aromatic ring is 2. The van der Waals surface area contributed by atoms with Gasteiger partial charge in [0.1, 0.15) is 0 Å². The summed E-state index contributed by atoms with van der Waals surface area (Å²) >= 11 is 0. The number of nitrogens with one attached hydrogen (secondary N) is 1. The minimum atomic E-state index is -0.175. The molecule has 0 bridgehead atoms. The molecule has 2 rings (SSSR count). The van der Waals surface area contributed by atoms with Crippen molar-refractivity contribution < 1.29 is 4.79 Å². The molecular weight excluding hydrogens is 252 g/mol. The largest absolute Gasteiger partial charge is 0.399 e. The van der Waals surface area contributed by atoms with Gasteiger partial charge in [-0.3, -0.25) is 4.79 Å². The molecule has 0 aliphatic rings. The molecule has 0 atom stereocenters. The Morgan fingerprint density at radius 2 is 1.85 bits per heavy atom. The summed E-state index contributed by atoms with van der Waals surface area (Å²) in [6.07, 6.45) is 0.173. The first-order valence-electron chi connectivity index (χ1n) is 6.02. The number of hydrogen-bond donors (Lipinski definition) is 3. The van der Waals surface area contributed by atoms with E-state index in [2.05, 4.69) is 5.32 Å². The highest BCUT2D eigenvalue weighted by Gasteiger charge is 2.07. The van der Waals surface area contributed by atoms with E-state index in [1.165, 1.54) is 0 Å². The zero-order valence-electron chi connectivity index (χ0n) is 10.8. The summed E-state index contributed by atoms with van der Waals surface area (Å²) in [6.45, 7) is 0. The van der Waals surface area contributed by atoms with Crippen molar-refractivity contribution in [1.29, 1.82) is 5.26 Å². The van der Waals surface area contributed by atoms with Crippen LogP contribution in [0, 0.1) is 11.3 Å². The number of hydrogen-bond acceptors (Lipinski definition) is 4. The molecule has 0 fully saturated rings. The van der Waals surface area contributed by atoms with Gasteiger partial charge in [-0.05, 0) is 42.0 Å². The van der Waals surface area contributed by atoms with Crippen LogP contribution in [0.25, 0.3) is 0 Å². The highest BCUT2D eigenvalue weighted by Crippen LogP contribution is 2.17. The molecule has 1 amide bonds. The van der Waals surface area contributed by atoms with Gasteiger partial charge in [0.05, 0.1) is 18.1 Å². The van der Waals surface area contributed by atoms with Crippen LogP contribution in [-0.4, -0.2) is 5.91 Å². The molecule has 0 heterocycles. The van der Waals surface area contributed by atoms with E-state index < -0.39 is 0 Å². The van der Waals surface area contributed by atoms with E-state index in [9.17, 15) is 4.79 Å². The van der Waals surface area contributed by atoms with E-state index in [0.29, 0.717) is 22.6 Å². The SMILES string of the molecule is N#Cc1ccc(NC(=O)Cc2ccc(N)cc2N)cc1. The molecule has 0 saturated carbocycles. The number of nitrogens with zero attached hydrogens (tertiary/aromatic N) is 1. The number of rotatable bonds is 3. The fraction of sp³-hybridized carbons (Fsp3) is 0.0667. The molecule has 2 aromatic rings. The van der Waals surface area contributed by atoms with Crippen molar-refractivity contribution in [3.8, 4) is 6.07 Å². The van der Waals surface area contributed by atoms with Crippen molar-refractivity contribution in [3.63, 3.8) is 0 Å². The van der Waals surface area contributed by atoms with Crippen LogP contribution in [0.2, 0.25) is 0 Å². The van der Waals surface area contributed by atoms with Crippen molar-refractivity contribution in [1.82, 2.24) is 0 Å². The molecule has 0 saturated heterocycles. The van der Waals surface area contributed by atoms with Crippen LogP contribution in [0.5, 0.6) is 0 Å². The highest BCUT2D eigenvalue weighted by molar-refractivity contribution is 5.93. The predicted octanol–water partition coefficient (Wildman–Crippen LogP) is 1.90. The molecule has 5 nitrogen and oxygen atoms in total. The Hall–Kier alpha value is -3.00. The van der Waals surface area contributed by atoms with Gasteiger partial charge in [-0.25, -0.2) is 0 Å². The van der Waals surface area contributed by atoms with E-state index in [4.69, 9.17) is 16.7 Å². The molecule has 0 unspecified atom stereocenters. The second-order valence-electron chi connectivity index (χ2n) is 4.37. The van der Waals surface area contributed by atoms with Gasteiger partial charge in [0.25, 0.3) is 0 Å². The van der Waals surface area contributed by atoms with Crippen LogP contribution in [0.3, 0.4) is 0 Å². The molecule has 5 N–H and O–H groups in total. The van der Waals surface area contributed by atoms with Crippen molar-refractivity contribution in [2.75, 3.05) is 16.8 Å². The molecule has 0 spiro atoms. The average Bonchev–Trinajstić information content (AvgIpc) is 2.43. The van der Waals surface area contributed by atoms with E-state index in [1.54, 1.807) is 42.5 Å². The van der Waals surface area contributed by atoms with Crippen molar-refractivity contribution in [2.24, 2.45) is 0 Å². The third-order valence-corrected chi connectivity index (χ3v) is 2.82. The number of benzene rings is 2. The summed E-state index contributed by atoms with van der Waals surface area (Å²) in [6, 6.07) is 13.8. The van der Waals surface area contributed by atoms with Gasteiger partial charge in [0, 0.05) is 17.1 Å². The van der Waals surface area contributed by atoms with Gasteiger partial charge in [-0.15, -0.1) is 0 Å². The fourth-order valence-corrected chi connectivity index (χ4v) is 1.78. The number of nitriles is 1. The van der Waals surface area contributed by atoms with Crippen molar-refractivity contribution >= 4 is 23.0 Å². The molecule has 0 aliphatic heterocycles. The normalized spacial score (nSPS) is 9.75. The van der Waals surface area contributed by atoms with Crippen molar-refractivity contribution in [3.05, 3.63) is 53.6 Å². The molecular formula is C15H14N4O. The average molecular weight is 266 g/mol. The van der Waals surface area contributed by atoms with Crippen LogP contribution in [0.4, 0.5) is 17.1 Å². The zero-order chi connectivity index (χ0) is 14.5. The van der Waals surface area contributed by atoms with Gasteiger partial charge in [-0.1, -0.05) is 6.07 Å². The van der Waals surface area contributed by atoms with E-state index in [-0.39, 0.29) is 12.3 Å². The van der Waals surface area contributed by atoms with Gasteiger partial charge < -0.3 is 16.8 Å². The lowest BCUT2D eigenvalue weighted by Gasteiger charge is -2.08. The first-order chi connectivity index (χ1) is 9.58. The number of carbonyl (C=O) groups excluding carboxylic acids is 1. The quantitative estimate of drug-likeness (QED) is 0.738. The third kappa shape index (κ3) is 3.27. The van der Waals surface area contributed by atoms with E-state index in [1.807, 2.05) is 6.07 Å². The summed E-state index contributed by atoms with van der Waals surface area (Å²) in [7, 11) is 0. The highest BCUT2D eigenvalue weighted by atomic mass is 16.1. The zero-order valence-corrected chi connectivity index (χ0v) is 10.8. The van der Waals surface area contributed by atoms with Crippen molar-refractivity contribution in [2.45, 2.75) is 6.42 Å². The van der Waals surface area contributed by atoms with Gasteiger partial charge in [0.15, 0.2) is 0 Å². The van der Waals surface area contributed by atoms with Gasteiger partial charge in [0.2, 0.25) is 5.91 Å². The number of nitrogens with two attached hydrogens (primary N) is 2. The Bertz CT molecular complexity index is 671.